The third kappa shape index (κ3) is 2.83. The molecule has 0 unspecified atom stereocenters. The summed E-state index contributed by atoms with van der Waals surface area (Å²) in [5.74, 6) is -0.224. The molecule has 6 heteroatoms. The standard InChI is InChI=1S/C17H12BrN3O2/c1-10-12(7-14(9-19)21(10)2)8-15-17(22)23-16(20-15)11-4-3-5-13(18)6-11/h3-8H,1-2H3/b15-8-. The van der Waals surface area contributed by atoms with Crippen molar-refractivity contribution in [3.05, 3.63) is 63.0 Å². The molecule has 0 atom stereocenters. The van der Waals surface area contributed by atoms with Crippen LogP contribution in [0.2, 0.25) is 0 Å². The number of hydrogen-bond acceptors (Lipinski definition) is 4. The van der Waals surface area contributed by atoms with Crippen LogP contribution in [0.15, 0.2) is 45.5 Å². The number of carbonyl (C=O) groups is 1. The fourth-order valence-corrected chi connectivity index (χ4v) is 2.68. The van der Waals surface area contributed by atoms with E-state index in [2.05, 4.69) is 27.0 Å². The lowest BCUT2D eigenvalue weighted by atomic mass is 10.2. The van der Waals surface area contributed by atoms with E-state index in [1.165, 1.54) is 0 Å². The Morgan fingerprint density at radius 2 is 2.17 bits per heavy atom. The van der Waals surface area contributed by atoms with Gasteiger partial charge in [0.1, 0.15) is 11.8 Å². The number of hydrogen-bond donors (Lipinski definition) is 0. The summed E-state index contributed by atoms with van der Waals surface area (Å²) in [6, 6.07) is 11.2. The molecule has 0 fully saturated rings. The third-order valence-corrected chi connectivity index (χ3v) is 4.17. The second kappa shape index (κ2) is 5.86. The predicted octanol–water partition coefficient (Wildman–Crippen LogP) is 3.31. The molecule has 0 N–H and O–H groups in total. The second-order valence-electron chi connectivity index (χ2n) is 5.09. The first-order valence-electron chi connectivity index (χ1n) is 6.84. The van der Waals surface area contributed by atoms with Gasteiger partial charge in [-0.2, -0.15) is 5.26 Å². The second-order valence-corrected chi connectivity index (χ2v) is 6.00. The smallest absolute Gasteiger partial charge is 0.363 e. The molecule has 0 saturated heterocycles. The Hall–Kier alpha value is -2.65. The van der Waals surface area contributed by atoms with Gasteiger partial charge in [0.15, 0.2) is 5.70 Å². The van der Waals surface area contributed by atoms with Gasteiger partial charge in [-0.1, -0.05) is 22.0 Å². The zero-order valence-corrected chi connectivity index (χ0v) is 14.1. The van der Waals surface area contributed by atoms with Crippen molar-refractivity contribution in [2.45, 2.75) is 6.92 Å². The van der Waals surface area contributed by atoms with Crippen molar-refractivity contribution in [1.82, 2.24) is 4.57 Å². The number of aliphatic imine (C=N–C) groups is 1. The predicted molar refractivity (Wildman–Crippen MR) is 89.6 cm³/mol. The highest BCUT2D eigenvalue weighted by atomic mass is 79.9. The van der Waals surface area contributed by atoms with Crippen molar-refractivity contribution in [3.63, 3.8) is 0 Å². The lowest BCUT2D eigenvalue weighted by molar-refractivity contribution is -0.129. The van der Waals surface area contributed by atoms with E-state index < -0.39 is 5.97 Å². The Balaban J connectivity index is 2.00. The zero-order chi connectivity index (χ0) is 16.6. The molecular formula is C17H12BrN3O2. The Kier molecular flexibility index (Phi) is 3.89. The normalized spacial score (nSPS) is 15.5. The summed E-state index contributed by atoms with van der Waals surface area (Å²) in [6.07, 6.45) is 1.64. The maximum atomic E-state index is 12.0. The van der Waals surface area contributed by atoms with Crippen molar-refractivity contribution in [1.29, 1.82) is 5.26 Å². The Bertz CT molecular complexity index is 916. The average Bonchev–Trinajstić information content (AvgIpc) is 3.03. The van der Waals surface area contributed by atoms with Gasteiger partial charge in [0.25, 0.3) is 0 Å². The highest BCUT2D eigenvalue weighted by Crippen LogP contribution is 2.23. The Morgan fingerprint density at radius 1 is 1.39 bits per heavy atom. The van der Waals surface area contributed by atoms with Crippen LogP contribution < -0.4 is 0 Å². The molecule has 2 aromatic rings. The molecule has 114 valence electrons. The van der Waals surface area contributed by atoms with E-state index in [9.17, 15) is 4.79 Å². The van der Waals surface area contributed by atoms with Crippen LogP contribution in [-0.4, -0.2) is 16.4 Å². The van der Waals surface area contributed by atoms with Crippen molar-refractivity contribution < 1.29 is 9.53 Å². The molecule has 0 saturated carbocycles. The topological polar surface area (TPSA) is 67.4 Å². The minimum atomic E-state index is -0.498. The summed E-state index contributed by atoms with van der Waals surface area (Å²) in [5, 5.41) is 9.07. The Morgan fingerprint density at radius 3 is 2.83 bits per heavy atom. The number of esters is 1. The number of ether oxygens (including phenoxy) is 1. The van der Waals surface area contributed by atoms with Crippen LogP contribution in [0.4, 0.5) is 0 Å². The summed E-state index contributed by atoms with van der Waals surface area (Å²) in [7, 11) is 1.80. The van der Waals surface area contributed by atoms with Crippen LogP contribution in [0.1, 0.15) is 22.5 Å². The quantitative estimate of drug-likeness (QED) is 0.602. The highest BCUT2D eigenvalue weighted by molar-refractivity contribution is 9.10. The van der Waals surface area contributed by atoms with Gasteiger partial charge in [0.05, 0.1) is 0 Å². The lowest BCUT2D eigenvalue weighted by Crippen LogP contribution is -2.05. The van der Waals surface area contributed by atoms with Gasteiger partial charge in [-0.3, -0.25) is 0 Å². The van der Waals surface area contributed by atoms with E-state index in [1.807, 2.05) is 31.2 Å². The van der Waals surface area contributed by atoms with Gasteiger partial charge >= 0.3 is 5.97 Å². The minimum Gasteiger partial charge on any atom is -0.402 e. The van der Waals surface area contributed by atoms with Crippen molar-refractivity contribution in [2.24, 2.45) is 12.0 Å². The number of rotatable bonds is 2. The maximum absolute atomic E-state index is 12.0. The molecule has 23 heavy (non-hydrogen) atoms. The van der Waals surface area contributed by atoms with E-state index in [4.69, 9.17) is 10.00 Å². The monoisotopic (exact) mass is 369 g/mol. The van der Waals surface area contributed by atoms with E-state index in [0.717, 1.165) is 21.3 Å². The number of halogens is 1. The first kappa shape index (κ1) is 15.3. The van der Waals surface area contributed by atoms with E-state index in [1.54, 1.807) is 23.8 Å². The van der Waals surface area contributed by atoms with Crippen molar-refractivity contribution in [2.75, 3.05) is 0 Å². The van der Waals surface area contributed by atoms with Crippen LogP contribution in [0.3, 0.4) is 0 Å². The number of cyclic esters (lactones) is 1. The molecule has 0 radical (unpaired) electrons. The summed E-state index contributed by atoms with van der Waals surface area (Å²) >= 11 is 3.38. The number of aromatic nitrogens is 1. The van der Waals surface area contributed by atoms with Crippen LogP contribution >= 0.6 is 15.9 Å². The van der Waals surface area contributed by atoms with Gasteiger partial charge in [-0.15, -0.1) is 0 Å². The molecule has 1 aliphatic rings. The SMILES string of the molecule is Cc1c(/C=C2\N=C(c3cccc(Br)c3)OC2=O)cc(C#N)n1C. The number of benzene rings is 1. The summed E-state index contributed by atoms with van der Waals surface area (Å²) < 4.78 is 7.89. The summed E-state index contributed by atoms with van der Waals surface area (Å²) in [6.45, 7) is 1.88. The molecule has 0 bridgehead atoms. The fraction of sp³-hybridized carbons (Fsp3) is 0.118. The number of nitrogens with zero attached hydrogens (tertiary/aromatic N) is 3. The third-order valence-electron chi connectivity index (χ3n) is 3.67. The minimum absolute atomic E-state index is 0.221. The number of carbonyl (C=O) groups excluding carboxylic acids is 1. The summed E-state index contributed by atoms with van der Waals surface area (Å²) in [5.41, 5.74) is 3.12. The summed E-state index contributed by atoms with van der Waals surface area (Å²) in [4.78, 5) is 16.3. The highest BCUT2D eigenvalue weighted by Gasteiger charge is 2.24. The van der Waals surface area contributed by atoms with Crippen molar-refractivity contribution >= 4 is 33.9 Å². The van der Waals surface area contributed by atoms with Gasteiger partial charge in [-0.25, -0.2) is 9.79 Å². The van der Waals surface area contributed by atoms with Crippen LogP contribution in [0.5, 0.6) is 0 Å². The first-order chi connectivity index (χ1) is 11.0. The molecule has 0 aliphatic carbocycles. The van der Waals surface area contributed by atoms with E-state index >= 15 is 0 Å². The average molecular weight is 370 g/mol. The van der Waals surface area contributed by atoms with Crippen LogP contribution in [-0.2, 0) is 16.6 Å². The van der Waals surface area contributed by atoms with Gasteiger partial charge in [0, 0.05) is 22.8 Å². The Labute approximate surface area is 141 Å². The van der Waals surface area contributed by atoms with Crippen LogP contribution in [0, 0.1) is 18.3 Å². The lowest BCUT2D eigenvalue weighted by Gasteiger charge is -1.99. The molecule has 5 nitrogen and oxygen atoms in total. The van der Waals surface area contributed by atoms with E-state index in [0.29, 0.717) is 5.69 Å². The van der Waals surface area contributed by atoms with Crippen LogP contribution in [0.25, 0.3) is 6.08 Å². The maximum Gasteiger partial charge on any atom is 0.363 e. The molecule has 3 rings (SSSR count). The van der Waals surface area contributed by atoms with Crippen molar-refractivity contribution in [3.8, 4) is 6.07 Å². The molecular weight excluding hydrogens is 358 g/mol. The van der Waals surface area contributed by atoms with Gasteiger partial charge in [0.2, 0.25) is 5.90 Å². The molecule has 2 heterocycles. The molecule has 0 spiro atoms. The fourth-order valence-electron chi connectivity index (χ4n) is 2.28. The molecule has 1 aliphatic heterocycles. The molecule has 1 aromatic carbocycles. The first-order valence-corrected chi connectivity index (χ1v) is 7.64. The molecule has 0 amide bonds. The van der Waals surface area contributed by atoms with E-state index in [-0.39, 0.29) is 11.6 Å². The number of nitriles is 1. The largest absolute Gasteiger partial charge is 0.402 e. The zero-order valence-electron chi connectivity index (χ0n) is 12.5. The van der Waals surface area contributed by atoms with Gasteiger partial charge < -0.3 is 9.30 Å². The van der Waals surface area contributed by atoms with Gasteiger partial charge in [-0.05, 0) is 42.8 Å². The molecule has 1 aromatic heterocycles.